The maximum atomic E-state index is 13.3. The molecule has 0 spiro atoms. The molecule has 0 saturated carbocycles. The maximum Gasteiger partial charge on any atom is 0.126 e. The van der Waals surface area contributed by atoms with Gasteiger partial charge in [-0.25, -0.2) is 4.39 Å². The molecule has 2 atom stereocenters. The highest BCUT2D eigenvalue weighted by Crippen LogP contribution is 2.22. The zero-order valence-corrected chi connectivity index (χ0v) is 11.1. The molecule has 0 aliphatic carbocycles. The smallest absolute Gasteiger partial charge is 0.126 e. The molecule has 98 valence electrons. The molecule has 0 heterocycles. The van der Waals surface area contributed by atoms with Crippen LogP contribution in [0.1, 0.15) is 43.4 Å². The zero-order valence-electron chi connectivity index (χ0n) is 10.3. The summed E-state index contributed by atoms with van der Waals surface area (Å²) in [7, 11) is 0. The molecule has 4 heteroatoms. The number of halogens is 2. The monoisotopic (exact) mass is 261 g/mol. The number of hydrogen-bond acceptors (Lipinski definition) is 2. The molecule has 0 aliphatic heterocycles. The van der Waals surface area contributed by atoms with Crippen LogP contribution >= 0.6 is 12.4 Å². The van der Waals surface area contributed by atoms with Crippen molar-refractivity contribution in [3.8, 4) is 0 Å². The van der Waals surface area contributed by atoms with Crippen molar-refractivity contribution in [2.45, 2.75) is 45.3 Å². The van der Waals surface area contributed by atoms with Gasteiger partial charge in [-0.05, 0) is 30.5 Å². The molecule has 1 aromatic carbocycles. The normalized spacial score (nSPS) is 13.9. The van der Waals surface area contributed by atoms with Crippen LogP contribution in [0.25, 0.3) is 0 Å². The quantitative estimate of drug-likeness (QED) is 0.856. The van der Waals surface area contributed by atoms with Gasteiger partial charge in [-0.15, -0.1) is 12.4 Å². The van der Waals surface area contributed by atoms with Gasteiger partial charge in [0.2, 0.25) is 0 Å². The van der Waals surface area contributed by atoms with Gasteiger partial charge < -0.3 is 10.8 Å². The third-order valence-electron chi connectivity index (χ3n) is 2.94. The first-order valence-electron chi connectivity index (χ1n) is 5.76. The van der Waals surface area contributed by atoms with Crippen molar-refractivity contribution in [2.75, 3.05) is 0 Å². The molecule has 0 amide bonds. The highest BCUT2D eigenvalue weighted by molar-refractivity contribution is 5.85. The molecule has 0 radical (unpaired) electrons. The summed E-state index contributed by atoms with van der Waals surface area (Å²) < 4.78 is 13.3. The Morgan fingerprint density at radius 2 is 2.06 bits per heavy atom. The minimum atomic E-state index is -0.597. The summed E-state index contributed by atoms with van der Waals surface area (Å²) >= 11 is 0. The van der Waals surface area contributed by atoms with Gasteiger partial charge in [0.05, 0.1) is 12.1 Å². The third-order valence-corrected chi connectivity index (χ3v) is 2.94. The van der Waals surface area contributed by atoms with E-state index in [1.54, 1.807) is 19.1 Å². The van der Waals surface area contributed by atoms with Crippen molar-refractivity contribution in [2.24, 2.45) is 5.73 Å². The fraction of sp³-hybridized carbons (Fsp3) is 0.538. The Balaban J connectivity index is 0.00000256. The van der Waals surface area contributed by atoms with E-state index in [0.29, 0.717) is 17.5 Å². The van der Waals surface area contributed by atoms with Gasteiger partial charge in [-0.2, -0.15) is 0 Å². The van der Waals surface area contributed by atoms with Gasteiger partial charge in [-0.3, -0.25) is 0 Å². The standard InChI is InChI=1S/C13H20FNO.ClH/c1-3-4-8-12(16)13(15)10-6-5-7-11(14)9(10)2;/h5-7,12-13,16H,3-4,8,15H2,1-2H3;1H/t12-,13+;/m1./s1. The largest absolute Gasteiger partial charge is 0.391 e. The van der Waals surface area contributed by atoms with E-state index in [1.165, 1.54) is 6.07 Å². The summed E-state index contributed by atoms with van der Waals surface area (Å²) in [6.07, 6.45) is 2.02. The first kappa shape index (κ1) is 16.4. The highest BCUT2D eigenvalue weighted by atomic mass is 35.5. The zero-order chi connectivity index (χ0) is 12.1. The van der Waals surface area contributed by atoms with Crippen LogP contribution in [0.15, 0.2) is 18.2 Å². The molecule has 1 rings (SSSR count). The van der Waals surface area contributed by atoms with E-state index in [1.807, 2.05) is 0 Å². The van der Waals surface area contributed by atoms with E-state index < -0.39 is 12.1 Å². The molecule has 0 unspecified atom stereocenters. The van der Waals surface area contributed by atoms with Crippen LogP contribution in [0.2, 0.25) is 0 Å². The van der Waals surface area contributed by atoms with Crippen LogP contribution in [-0.4, -0.2) is 11.2 Å². The molecule has 1 aromatic rings. The number of rotatable bonds is 5. The van der Waals surface area contributed by atoms with Crippen molar-refractivity contribution < 1.29 is 9.50 Å². The predicted octanol–water partition coefficient (Wildman–Crippen LogP) is 3.11. The van der Waals surface area contributed by atoms with Crippen molar-refractivity contribution in [1.29, 1.82) is 0 Å². The van der Waals surface area contributed by atoms with E-state index in [9.17, 15) is 9.50 Å². The second-order valence-electron chi connectivity index (χ2n) is 4.19. The lowest BCUT2D eigenvalue weighted by Crippen LogP contribution is -2.27. The van der Waals surface area contributed by atoms with Gasteiger partial charge >= 0.3 is 0 Å². The summed E-state index contributed by atoms with van der Waals surface area (Å²) in [5, 5.41) is 9.87. The first-order valence-corrected chi connectivity index (χ1v) is 5.76. The summed E-state index contributed by atoms with van der Waals surface area (Å²) in [6.45, 7) is 3.75. The number of aliphatic hydroxyl groups is 1. The van der Waals surface area contributed by atoms with E-state index in [2.05, 4.69) is 6.92 Å². The van der Waals surface area contributed by atoms with Gasteiger partial charge in [-0.1, -0.05) is 31.9 Å². The molecular formula is C13H21ClFNO. The Kier molecular flexibility index (Phi) is 7.35. The second-order valence-corrected chi connectivity index (χ2v) is 4.19. The Morgan fingerprint density at radius 1 is 1.41 bits per heavy atom. The van der Waals surface area contributed by atoms with Crippen molar-refractivity contribution in [3.05, 3.63) is 35.1 Å². The van der Waals surface area contributed by atoms with Crippen molar-refractivity contribution in [1.82, 2.24) is 0 Å². The van der Waals surface area contributed by atoms with Gasteiger partial charge in [0.1, 0.15) is 5.82 Å². The van der Waals surface area contributed by atoms with E-state index in [-0.39, 0.29) is 18.2 Å². The number of benzene rings is 1. The summed E-state index contributed by atoms with van der Waals surface area (Å²) in [6, 6.07) is 4.31. The average Bonchev–Trinajstić information content (AvgIpc) is 2.28. The highest BCUT2D eigenvalue weighted by Gasteiger charge is 2.19. The fourth-order valence-electron chi connectivity index (χ4n) is 1.79. The Hall–Kier alpha value is -0.640. The SMILES string of the molecule is CCCC[C@@H](O)[C@@H](N)c1cccc(F)c1C.Cl. The van der Waals surface area contributed by atoms with Crippen LogP contribution < -0.4 is 5.73 Å². The molecule has 17 heavy (non-hydrogen) atoms. The lowest BCUT2D eigenvalue weighted by Gasteiger charge is -2.20. The molecule has 3 N–H and O–H groups in total. The lowest BCUT2D eigenvalue weighted by atomic mass is 9.95. The molecule has 0 saturated heterocycles. The number of hydrogen-bond donors (Lipinski definition) is 2. The number of aliphatic hydroxyl groups excluding tert-OH is 1. The van der Waals surface area contributed by atoms with Crippen LogP contribution in [0.3, 0.4) is 0 Å². The summed E-state index contributed by atoms with van der Waals surface area (Å²) in [4.78, 5) is 0. The minimum absolute atomic E-state index is 0. The minimum Gasteiger partial charge on any atom is -0.391 e. The summed E-state index contributed by atoms with van der Waals surface area (Å²) in [5.74, 6) is -0.268. The Labute approximate surface area is 108 Å². The van der Waals surface area contributed by atoms with Crippen LogP contribution in [0.4, 0.5) is 4.39 Å². The van der Waals surface area contributed by atoms with E-state index >= 15 is 0 Å². The van der Waals surface area contributed by atoms with Gasteiger partial charge in [0.25, 0.3) is 0 Å². The van der Waals surface area contributed by atoms with E-state index in [0.717, 1.165) is 12.8 Å². The average molecular weight is 262 g/mol. The molecule has 0 bridgehead atoms. The summed E-state index contributed by atoms with van der Waals surface area (Å²) in [5.41, 5.74) is 7.16. The van der Waals surface area contributed by atoms with Crippen LogP contribution in [0, 0.1) is 12.7 Å². The molecule has 0 fully saturated rings. The van der Waals surface area contributed by atoms with Gasteiger partial charge in [0.15, 0.2) is 0 Å². The van der Waals surface area contributed by atoms with Crippen LogP contribution in [-0.2, 0) is 0 Å². The third kappa shape index (κ3) is 4.26. The molecule has 2 nitrogen and oxygen atoms in total. The fourth-order valence-corrected chi connectivity index (χ4v) is 1.79. The van der Waals surface area contributed by atoms with E-state index in [4.69, 9.17) is 5.73 Å². The molecule has 0 aliphatic rings. The predicted molar refractivity (Wildman–Crippen MR) is 70.8 cm³/mol. The first-order chi connectivity index (χ1) is 7.57. The van der Waals surface area contributed by atoms with Crippen molar-refractivity contribution >= 4 is 12.4 Å². The molecule has 0 aromatic heterocycles. The Bertz CT molecular complexity index is 346. The topological polar surface area (TPSA) is 46.2 Å². The van der Waals surface area contributed by atoms with Gasteiger partial charge in [0, 0.05) is 0 Å². The Morgan fingerprint density at radius 3 is 2.65 bits per heavy atom. The lowest BCUT2D eigenvalue weighted by molar-refractivity contribution is 0.132. The van der Waals surface area contributed by atoms with Crippen LogP contribution in [0.5, 0.6) is 0 Å². The maximum absolute atomic E-state index is 13.3. The second kappa shape index (κ2) is 7.64. The number of unbranched alkanes of at least 4 members (excludes halogenated alkanes) is 1. The van der Waals surface area contributed by atoms with Crippen molar-refractivity contribution in [3.63, 3.8) is 0 Å². The number of nitrogens with two attached hydrogens (primary N) is 1. The molecular weight excluding hydrogens is 241 g/mol.